The van der Waals surface area contributed by atoms with Crippen LogP contribution in [0.2, 0.25) is 0 Å². The number of aromatic nitrogens is 2. The Hall–Kier alpha value is -5.41. The maximum absolute atomic E-state index is 7.06. The predicted octanol–water partition coefficient (Wildman–Crippen LogP) is -3.68. The zero-order valence-electron chi connectivity index (χ0n) is 32.2. The summed E-state index contributed by atoms with van der Waals surface area (Å²) in [6.07, 6.45) is 0. The van der Waals surface area contributed by atoms with Crippen LogP contribution in [0.15, 0.2) is 103 Å². The summed E-state index contributed by atoms with van der Waals surface area (Å²) in [5.74, 6) is 0.742. The molecule has 0 atom stereocenters. The second kappa shape index (κ2) is 14.9. The Morgan fingerprint density at radius 1 is 0.317 bits per heavy atom. The van der Waals surface area contributed by atoms with Gasteiger partial charge in [0.2, 0.25) is 0 Å². The molecule has 246 valence electrons. The molecule has 0 fully saturated rings. The van der Waals surface area contributed by atoms with E-state index in [4.69, 9.17) is 107 Å². The first-order valence-electron chi connectivity index (χ1n) is 18.8. The monoisotopic (exact) mass is 728 g/mol. The van der Waals surface area contributed by atoms with Gasteiger partial charge in [-0.05, 0) is 85.3 Å². The van der Waals surface area contributed by atoms with Gasteiger partial charge in [-0.3, -0.25) is 4.57 Å². The van der Waals surface area contributed by atoms with Crippen molar-refractivity contribution < 1.29 is 0 Å². The highest BCUT2D eigenvalue weighted by Gasteiger charge is 2.26. The molecule has 9 rings (SSSR count). The van der Waals surface area contributed by atoms with Crippen LogP contribution >= 0.6 is 0 Å². The Morgan fingerprint density at radius 3 is 1.22 bits per heavy atom. The van der Waals surface area contributed by atoms with Crippen LogP contribution in [0.5, 0.6) is 0 Å². The van der Waals surface area contributed by atoms with E-state index in [1.54, 1.807) is 0 Å². The number of fused-ring (bicyclic) bond motifs is 3. The molecule has 0 saturated heterocycles. The predicted molar refractivity (Wildman–Crippen MR) is 268 cm³/mol. The number of imidazole rings is 1. The van der Waals surface area contributed by atoms with E-state index in [-0.39, 0.29) is 71.0 Å². The molecule has 0 bridgehead atoms. The van der Waals surface area contributed by atoms with E-state index in [0.29, 0.717) is 54.9 Å². The number of hydrogen-bond acceptors (Lipinski definition) is 1. The molecule has 1 heterocycles. The Morgan fingerprint density at radius 2 is 0.700 bits per heavy atom. The number of nitrogens with zero attached hydrogens (tertiary/aromatic N) is 2. The molecule has 0 aliphatic rings. The average molecular weight is 726 g/mol. The zero-order chi connectivity index (χ0) is 42.5. The van der Waals surface area contributed by atoms with Crippen LogP contribution in [0.3, 0.4) is 0 Å². The highest BCUT2D eigenvalue weighted by molar-refractivity contribution is 6.72. The summed E-state index contributed by atoms with van der Waals surface area (Å²) in [6.45, 7) is 0. The molecule has 60 heavy (non-hydrogen) atoms. The van der Waals surface area contributed by atoms with Crippen LogP contribution in [0, 0.1) is 0 Å². The van der Waals surface area contributed by atoms with Crippen LogP contribution in [0.1, 0.15) is 0 Å². The third-order valence-electron chi connectivity index (χ3n) is 11.4. The molecule has 1 aromatic heterocycles. The molecule has 0 spiro atoms. The number of para-hydroxylation sites is 2. The van der Waals surface area contributed by atoms with Gasteiger partial charge in [-0.15, -0.1) is 38.2 Å². The SMILES string of the molecule is [B]c1c([B])c([B])c(-c2cccc(-c3c4c([B])c([B])c([B])c([B])c4c(-c4cccc(-n5c(-c6ccccc6)nc6ccccc65)c4)c4c([B])c([B])c([B])c([B])c34)c2)c([B])c1[B]. The van der Waals surface area contributed by atoms with Gasteiger partial charge >= 0.3 is 0 Å². The Bertz CT molecular complexity index is 3200. The molecule has 0 aliphatic heterocycles. The summed E-state index contributed by atoms with van der Waals surface area (Å²) in [5.41, 5.74) is 8.25. The summed E-state index contributed by atoms with van der Waals surface area (Å²) in [6, 6.07) is 33.1. The first-order chi connectivity index (χ1) is 28.7. The maximum Gasteiger partial charge on any atom is 0.145 e. The topological polar surface area (TPSA) is 17.8 Å². The highest BCUT2D eigenvalue weighted by Crippen LogP contribution is 2.42. The van der Waals surface area contributed by atoms with Crippen molar-refractivity contribution in [3.05, 3.63) is 103 Å². The van der Waals surface area contributed by atoms with Crippen LogP contribution in [0.4, 0.5) is 0 Å². The van der Waals surface area contributed by atoms with E-state index in [1.807, 2.05) is 103 Å². The minimum absolute atomic E-state index is 0.0800. The van der Waals surface area contributed by atoms with E-state index in [0.717, 1.165) is 28.1 Å². The molecule has 0 unspecified atom stereocenters. The minimum atomic E-state index is 0.0800. The minimum Gasteiger partial charge on any atom is -0.292 e. The second-order valence-corrected chi connectivity index (χ2v) is 14.8. The smallest absolute Gasteiger partial charge is 0.145 e. The van der Waals surface area contributed by atoms with Crippen LogP contribution in [-0.4, -0.2) is 112 Å². The van der Waals surface area contributed by atoms with E-state index in [9.17, 15) is 0 Å². The van der Waals surface area contributed by atoms with Crippen LogP contribution in [-0.2, 0) is 0 Å². The molecule has 0 amide bonds. The molecule has 2 nitrogen and oxygen atoms in total. The summed E-state index contributed by atoms with van der Waals surface area (Å²) >= 11 is 0. The maximum atomic E-state index is 7.06. The Labute approximate surface area is 366 Å². The molecular formula is C45H17B13N2. The average Bonchev–Trinajstić information content (AvgIpc) is 3.67. The molecule has 0 N–H and O–H groups in total. The second-order valence-electron chi connectivity index (χ2n) is 14.8. The molecular weight excluding hydrogens is 709 g/mol. The van der Waals surface area contributed by atoms with Crippen molar-refractivity contribution >= 4 is 206 Å². The molecule has 15 heteroatoms. The summed E-state index contributed by atoms with van der Waals surface area (Å²) in [5, 5.41) is 1.79. The lowest BCUT2D eigenvalue weighted by Crippen LogP contribution is -2.55. The van der Waals surface area contributed by atoms with Crippen LogP contribution < -0.4 is 71.0 Å². The third-order valence-corrected chi connectivity index (χ3v) is 11.4. The number of benzene rings is 8. The van der Waals surface area contributed by atoms with Gasteiger partial charge in [-0.1, -0.05) is 106 Å². The molecule has 26 radical (unpaired) electrons. The van der Waals surface area contributed by atoms with Gasteiger partial charge in [-0.25, -0.2) is 4.98 Å². The number of rotatable bonds is 5. The van der Waals surface area contributed by atoms with Gasteiger partial charge in [0, 0.05) is 11.3 Å². The van der Waals surface area contributed by atoms with Crippen molar-refractivity contribution in [3.8, 4) is 50.5 Å². The van der Waals surface area contributed by atoms with Crippen molar-refractivity contribution in [2.45, 2.75) is 0 Å². The normalized spacial score (nSPS) is 11.5. The van der Waals surface area contributed by atoms with E-state index in [2.05, 4.69) is 4.57 Å². The van der Waals surface area contributed by atoms with Crippen molar-refractivity contribution in [3.63, 3.8) is 0 Å². The third kappa shape index (κ3) is 5.93. The Kier molecular flexibility index (Phi) is 9.97. The first kappa shape index (κ1) is 40.0. The zero-order valence-corrected chi connectivity index (χ0v) is 32.2. The summed E-state index contributed by atoms with van der Waals surface area (Å²) in [4.78, 5) is 5.05. The lowest BCUT2D eigenvalue weighted by atomic mass is 9.59. The first-order valence-corrected chi connectivity index (χ1v) is 18.8. The molecule has 0 saturated carbocycles. The summed E-state index contributed by atoms with van der Waals surface area (Å²) < 4.78 is 2.10. The van der Waals surface area contributed by atoms with Crippen molar-refractivity contribution in [2.75, 3.05) is 0 Å². The number of hydrogen-bond donors (Lipinski definition) is 0. The van der Waals surface area contributed by atoms with Gasteiger partial charge in [0.15, 0.2) is 0 Å². The fraction of sp³-hybridized carbons (Fsp3) is 0. The fourth-order valence-corrected chi connectivity index (χ4v) is 8.38. The van der Waals surface area contributed by atoms with Gasteiger partial charge in [0.25, 0.3) is 0 Å². The van der Waals surface area contributed by atoms with E-state index < -0.39 is 0 Å². The lowest BCUT2D eigenvalue weighted by molar-refractivity contribution is 1.10. The van der Waals surface area contributed by atoms with Gasteiger partial charge in [-0.2, -0.15) is 0 Å². The van der Waals surface area contributed by atoms with E-state index >= 15 is 0 Å². The summed E-state index contributed by atoms with van der Waals surface area (Å²) in [7, 11) is 86.7. The standard InChI is InChI=1S/C45H17B13N2/c46-32-27(33(47)39(53)44(58)38(32)52)20-11-6-10-19(16-20)25-28-30(36(50)42(56)40(54)34(28)48)26(31-29(25)35(49)41(55)43(57)37(31)51)21-12-7-13-22(17-21)60-24-15-5-4-14-23(24)59-45(60)18-8-2-1-3-9-18/h1-17H. The van der Waals surface area contributed by atoms with Gasteiger partial charge < -0.3 is 0 Å². The lowest BCUT2D eigenvalue weighted by Gasteiger charge is -2.29. The van der Waals surface area contributed by atoms with Crippen molar-refractivity contribution in [1.29, 1.82) is 0 Å². The molecule has 8 aromatic carbocycles. The van der Waals surface area contributed by atoms with Crippen molar-refractivity contribution in [2.24, 2.45) is 0 Å². The van der Waals surface area contributed by atoms with E-state index in [1.165, 1.54) is 0 Å². The van der Waals surface area contributed by atoms with Crippen LogP contribution in [0.25, 0.3) is 83.0 Å². The van der Waals surface area contributed by atoms with Gasteiger partial charge in [0.1, 0.15) is 108 Å². The largest absolute Gasteiger partial charge is 0.292 e. The van der Waals surface area contributed by atoms with Gasteiger partial charge in [0.05, 0.1) is 11.0 Å². The van der Waals surface area contributed by atoms with Crippen molar-refractivity contribution in [1.82, 2.24) is 9.55 Å². The highest BCUT2D eigenvalue weighted by atomic mass is 15.1. The Balaban J connectivity index is 1.44. The fourth-order valence-electron chi connectivity index (χ4n) is 8.38. The molecule has 9 aromatic rings. The molecule has 0 aliphatic carbocycles. The quantitative estimate of drug-likeness (QED) is 0.132.